The quantitative estimate of drug-likeness (QED) is 0.802. The Balaban J connectivity index is 2.06. The number of amides is 1. The lowest BCUT2D eigenvalue weighted by molar-refractivity contribution is -0.303. The van der Waals surface area contributed by atoms with Gasteiger partial charge >= 0.3 is 0 Å². The molecule has 2 aromatic carbocycles. The van der Waals surface area contributed by atoms with Crippen LogP contribution >= 0.6 is 0 Å². The van der Waals surface area contributed by atoms with Crippen LogP contribution < -0.4 is 14.7 Å². The Morgan fingerprint density at radius 3 is 2.61 bits per heavy atom. The molecule has 0 saturated heterocycles. The van der Waals surface area contributed by atoms with Gasteiger partial charge in [0.2, 0.25) is 0 Å². The highest BCUT2D eigenvalue weighted by molar-refractivity contribution is 6.11. The molecule has 0 spiro atoms. The van der Waals surface area contributed by atoms with Crippen LogP contribution in [-0.2, 0) is 9.59 Å². The number of carbonyl (C=O) groups is 2. The van der Waals surface area contributed by atoms with Gasteiger partial charge in [-0.05, 0) is 24.3 Å². The van der Waals surface area contributed by atoms with Gasteiger partial charge in [-0.25, -0.2) is 4.39 Å². The van der Waals surface area contributed by atoms with Crippen LogP contribution in [0.2, 0.25) is 0 Å². The number of halogens is 1. The van der Waals surface area contributed by atoms with Gasteiger partial charge in [0.1, 0.15) is 5.82 Å². The molecule has 1 amide bonds. The molecule has 1 aliphatic rings. The molecule has 0 N–H and O–H groups in total. The van der Waals surface area contributed by atoms with E-state index in [1.165, 1.54) is 24.3 Å². The predicted octanol–water partition coefficient (Wildman–Crippen LogP) is 1.34. The highest BCUT2D eigenvalue weighted by Gasteiger charge is 2.30. The molecular formula is C17H11FNO4-. The van der Waals surface area contributed by atoms with Gasteiger partial charge in [-0.15, -0.1) is 0 Å². The van der Waals surface area contributed by atoms with Crippen LogP contribution in [0.25, 0.3) is 6.08 Å². The number of nitrogens with zero attached hydrogens (tertiary/aromatic N) is 1. The molecule has 0 fully saturated rings. The molecule has 0 atom stereocenters. The van der Waals surface area contributed by atoms with E-state index in [0.29, 0.717) is 11.4 Å². The molecule has 0 saturated carbocycles. The molecule has 3 rings (SSSR count). The van der Waals surface area contributed by atoms with Gasteiger partial charge in [-0.2, -0.15) is 0 Å². The van der Waals surface area contributed by atoms with E-state index in [1.54, 1.807) is 30.3 Å². The van der Waals surface area contributed by atoms with Crippen LogP contribution in [0.5, 0.6) is 5.75 Å². The highest BCUT2D eigenvalue weighted by atomic mass is 19.1. The van der Waals surface area contributed by atoms with E-state index < -0.39 is 24.2 Å². The maximum Gasteiger partial charge on any atom is 0.294 e. The lowest BCUT2D eigenvalue weighted by atomic mass is 10.1. The first-order valence-electron chi connectivity index (χ1n) is 6.81. The van der Waals surface area contributed by atoms with Crippen molar-refractivity contribution in [2.75, 3.05) is 11.4 Å². The number of fused-ring (bicyclic) bond motifs is 1. The van der Waals surface area contributed by atoms with Gasteiger partial charge in [0.15, 0.2) is 11.5 Å². The lowest BCUT2D eigenvalue weighted by Gasteiger charge is -2.30. The second kappa shape index (κ2) is 5.92. The molecule has 0 radical (unpaired) electrons. The van der Waals surface area contributed by atoms with Gasteiger partial charge in [0, 0.05) is 5.56 Å². The standard InChI is InChI=1S/C17H12FNO4/c18-12-6-2-1-5-11(12)9-15-17(22)19(10-16(20)21)13-7-3-4-8-14(13)23-15/h1-9H,10H2,(H,20,21)/p-1. The topological polar surface area (TPSA) is 69.7 Å². The smallest absolute Gasteiger partial charge is 0.294 e. The van der Waals surface area contributed by atoms with Crippen molar-refractivity contribution in [3.8, 4) is 5.75 Å². The van der Waals surface area contributed by atoms with Crippen LogP contribution in [-0.4, -0.2) is 18.4 Å². The summed E-state index contributed by atoms with van der Waals surface area (Å²) >= 11 is 0. The van der Waals surface area contributed by atoms with E-state index in [9.17, 15) is 19.1 Å². The highest BCUT2D eigenvalue weighted by Crippen LogP contribution is 2.35. The second-order valence-electron chi connectivity index (χ2n) is 4.86. The van der Waals surface area contributed by atoms with Crippen molar-refractivity contribution in [2.45, 2.75) is 0 Å². The molecule has 2 aromatic rings. The number of aliphatic carboxylic acids is 1. The largest absolute Gasteiger partial charge is 0.548 e. The van der Waals surface area contributed by atoms with E-state index in [0.717, 1.165) is 4.90 Å². The number of rotatable bonds is 3. The average Bonchev–Trinajstić information content (AvgIpc) is 2.53. The molecule has 0 unspecified atom stereocenters. The van der Waals surface area contributed by atoms with E-state index in [-0.39, 0.29) is 11.3 Å². The van der Waals surface area contributed by atoms with Gasteiger partial charge in [-0.1, -0.05) is 30.3 Å². The first-order valence-corrected chi connectivity index (χ1v) is 6.81. The van der Waals surface area contributed by atoms with E-state index in [4.69, 9.17) is 4.74 Å². The second-order valence-corrected chi connectivity index (χ2v) is 4.86. The van der Waals surface area contributed by atoms with Gasteiger partial charge in [0.05, 0.1) is 18.2 Å². The van der Waals surface area contributed by atoms with Gasteiger partial charge in [-0.3, -0.25) is 9.69 Å². The van der Waals surface area contributed by atoms with Crippen LogP contribution in [0.3, 0.4) is 0 Å². The van der Waals surface area contributed by atoms with E-state index >= 15 is 0 Å². The molecule has 1 heterocycles. The summed E-state index contributed by atoms with van der Waals surface area (Å²) in [4.78, 5) is 24.4. The number of benzene rings is 2. The van der Waals surface area contributed by atoms with Gasteiger partial charge in [0.25, 0.3) is 5.91 Å². The number of hydrogen-bond donors (Lipinski definition) is 0. The Bertz CT molecular complexity index is 816. The lowest BCUT2D eigenvalue weighted by Crippen LogP contribution is -2.44. The summed E-state index contributed by atoms with van der Waals surface area (Å²) in [5, 5.41) is 10.9. The Morgan fingerprint density at radius 2 is 1.87 bits per heavy atom. The predicted molar refractivity (Wildman–Crippen MR) is 78.8 cm³/mol. The third kappa shape index (κ3) is 2.91. The summed E-state index contributed by atoms with van der Waals surface area (Å²) in [6.45, 7) is -0.617. The minimum atomic E-state index is -1.40. The number of anilines is 1. The van der Waals surface area contributed by atoms with Crippen molar-refractivity contribution in [2.24, 2.45) is 0 Å². The molecule has 1 aliphatic heterocycles. The maximum absolute atomic E-state index is 13.7. The zero-order valence-corrected chi connectivity index (χ0v) is 11.9. The number of hydrogen-bond acceptors (Lipinski definition) is 4. The van der Waals surface area contributed by atoms with Crippen molar-refractivity contribution in [3.05, 3.63) is 65.7 Å². The van der Waals surface area contributed by atoms with Crippen molar-refractivity contribution < 1.29 is 23.8 Å². The number of carboxylic acids is 1. The molecule has 0 aromatic heterocycles. The molecule has 23 heavy (non-hydrogen) atoms. The molecule has 6 heteroatoms. The SMILES string of the molecule is O=C([O-])CN1C(=O)C(=Cc2ccccc2F)Oc2ccccc21. The fourth-order valence-corrected chi connectivity index (χ4v) is 2.28. The monoisotopic (exact) mass is 312 g/mol. The number of carbonyl (C=O) groups excluding carboxylic acids is 2. The van der Waals surface area contributed by atoms with Crippen LogP contribution in [0.15, 0.2) is 54.3 Å². The summed E-state index contributed by atoms with van der Waals surface area (Å²) in [6, 6.07) is 12.4. The molecule has 0 aliphatic carbocycles. The third-order valence-electron chi connectivity index (χ3n) is 3.31. The summed E-state index contributed by atoms with van der Waals surface area (Å²) in [7, 11) is 0. The molecular weight excluding hydrogens is 301 g/mol. The molecule has 116 valence electrons. The first kappa shape index (κ1) is 14.8. The Kier molecular flexibility index (Phi) is 3.80. The first-order chi connectivity index (χ1) is 11.1. The summed E-state index contributed by atoms with van der Waals surface area (Å²) in [5.41, 5.74) is 0.496. The van der Waals surface area contributed by atoms with Crippen molar-refractivity contribution in [3.63, 3.8) is 0 Å². The Hall–Kier alpha value is -3.15. The molecule has 5 nitrogen and oxygen atoms in total. The van der Waals surface area contributed by atoms with Crippen LogP contribution in [0.4, 0.5) is 10.1 Å². The van der Waals surface area contributed by atoms with Crippen LogP contribution in [0, 0.1) is 5.82 Å². The Morgan fingerprint density at radius 1 is 1.17 bits per heavy atom. The summed E-state index contributed by atoms with van der Waals surface area (Å²) in [6.07, 6.45) is 1.25. The number of carboxylic acid groups (broad SMARTS) is 1. The Labute approximate surface area is 131 Å². The molecule has 0 bridgehead atoms. The zero-order chi connectivity index (χ0) is 16.4. The number of ether oxygens (including phenoxy) is 1. The van der Waals surface area contributed by atoms with Crippen molar-refractivity contribution in [1.29, 1.82) is 0 Å². The van der Waals surface area contributed by atoms with Gasteiger partial charge < -0.3 is 14.6 Å². The fraction of sp³-hybridized carbons (Fsp3) is 0.0588. The minimum absolute atomic E-state index is 0.157. The zero-order valence-electron chi connectivity index (χ0n) is 11.9. The van der Waals surface area contributed by atoms with Crippen molar-refractivity contribution >= 4 is 23.6 Å². The minimum Gasteiger partial charge on any atom is -0.548 e. The third-order valence-corrected chi connectivity index (χ3v) is 3.31. The van der Waals surface area contributed by atoms with E-state index in [1.807, 2.05) is 0 Å². The maximum atomic E-state index is 13.7. The fourth-order valence-electron chi connectivity index (χ4n) is 2.28. The normalized spacial score (nSPS) is 15.3. The van der Waals surface area contributed by atoms with E-state index in [2.05, 4.69) is 0 Å². The average molecular weight is 312 g/mol. The number of para-hydroxylation sites is 2. The summed E-state index contributed by atoms with van der Waals surface area (Å²) in [5.74, 6) is -2.43. The van der Waals surface area contributed by atoms with Crippen LogP contribution in [0.1, 0.15) is 5.56 Å². The van der Waals surface area contributed by atoms with Crippen molar-refractivity contribution in [1.82, 2.24) is 0 Å². The summed E-state index contributed by atoms with van der Waals surface area (Å²) < 4.78 is 19.3.